The molecule has 0 aromatic heterocycles. The molecule has 1 saturated heterocycles. The van der Waals surface area contributed by atoms with E-state index in [-0.39, 0.29) is 18.9 Å². The van der Waals surface area contributed by atoms with Crippen LogP contribution in [0.15, 0.2) is 36.4 Å². The van der Waals surface area contributed by atoms with E-state index in [1.165, 1.54) is 0 Å². The van der Waals surface area contributed by atoms with Gasteiger partial charge in [-0.3, -0.25) is 4.79 Å². The number of hydrogen-bond donors (Lipinski definition) is 3. The normalized spacial score (nSPS) is 30.2. The first-order valence-electron chi connectivity index (χ1n) is 10.2. The van der Waals surface area contributed by atoms with Crippen LogP contribution in [0.3, 0.4) is 0 Å². The third-order valence-electron chi connectivity index (χ3n) is 5.80. The molecule has 0 unspecified atom stereocenters. The van der Waals surface area contributed by atoms with Crippen LogP contribution in [0.4, 0.5) is 0 Å². The number of aliphatic hydroxyl groups excluding tert-OH is 2. The molecule has 1 saturated carbocycles. The lowest BCUT2D eigenvalue weighted by molar-refractivity contribution is -0.137. The fraction of sp³-hybridized carbons (Fsp3) is 0.591. The van der Waals surface area contributed by atoms with Crippen molar-refractivity contribution >= 4 is 29.3 Å². The molecular weight excluding hydrogens is 412 g/mol. The van der Waals surface area contributed by atoms with Crippen molar-refractivity contribution in [1.29, 1.82) is 0 Å². The van der Waals surface area contributed by atoms with Crippen LogP contribution < -0.4 is 4.74 Å². The highest BCUT2D eigenvalue weighted by molar-refractivity contribution is 8.00. The van der Waals surface area contributed by atoms with Gasteiger partial charge in [0.15, 0.2) is 0 Å². The molecule has 2 fully saturated rings. The van der Waals surface area contributed by atoms with E-state index in [0.29, 0.717) is 33.6 Å². The minimum atomic E-state index is -0.766. The SMILES string of the molecule is O=C(O)CCC[C@H]1CC[C@@H]2[C@@H](/C=C/[C@@H](O)COc3ccccc3Cl)[C@H](O)C[C@@H]2S1. The molecule has 160 valence electrons. The zero-order valence-electron chi connectivity index (χ0n) is 16.3. The van der Waals surface area contributed by atoms with Gasteiger partial charge in [0.1, 0.15) is 18.5 Å². The van der Waals surface area contributed by atoms with E-state index in [1.54, 1.807) is 18.2 Å². The van der Waals surface area contributed by atoms with Gasteiger partial charge in [-0.1, -0.05) is 35.9 Å². The molecule has 6 atom stereocenters. The summed E-state index contributed by atoms with van der Waals surface area (Å²) in [5.74, 6) is 0.253. The number of aliphatic carboxylic acids is 1. The fourth-order valence-corrected chi connectivity index (χ4v) is 6.43. The summed E-state index contributed by atoms with van der Waals surface area (Å²) in [5.41, 5.74) is 0. The average molecular weight is 441 g/mol. The van der Waals surface area contributed by atoms with Crippen LogP contribution in [0.2, 0.25) is 5.02 Å². The van der Waals surface area contributed by atoms with E-state index in [0.717, 1.165) is 25.7 Å². The summed E-state index contributed by atoms with van der Waals surface area (Å²) in [4.78, 5) is 10.7. The molecule has 0 spiro atoms. The van der Waals surface area contributed by atoms with E-state index in [4.69, 9.17) is 21.4 Å². The first-order chi connectivity index (χ1) is 13.9. The van der Waals surface area contributed by atoms with Crippen molar-refractivity contribution in [3.05, 3.63) is 41.4 Å². The second kappa shape index (κ2) is 10.7. The average Bonchev–Trinajstić information content (AvgIpc) is 2.99. The third-order valence-corrected chi connectivity index (χ3v) is 7.86. The highest BCUT2D eigenvalue weighted by atomic mass is 35.5. The van der Waals surface area contributed by atoms with Crippen molar-refractivity contribution in [3.8, 4) is 5.75 Å². The Morgan fingerprint density at radius 1 is 1.34 bits per heavy atom. The molecule has 1 heterocycles. The predicted octanol–water partition coefficient (Wildman–Crippen LogP) is 4.15. The Labute approximate surface area is 181 Å². The summed E-state index contributed by atoms with van der Waals surface area (Å²) in [6.45, 7) is 0.109. The third kappa shape index (κ3) is 6.38. The minimum absolute atomic E-state index is 0.0439. The van der Waals surface area contributed by atoms with E-state index >= 15 is 0 Å². The molecule has 3 rings (SSSR count). The molecule has 29 heavy (non-hydrogen) atoms. The largest absolute Gasteiger partial charge is 0.489 e. The second-order valence-electron chi connectivity index (χ2n) is 7.90. The smallest absolute Gasteiger partial charge is 0.303 e. The summed E-state index contributed by atoms with van der Waals surface area (Å²) < 4.78 is 5.57. The predicted molar refractivity (Wildman–Crippen MR) is 116 cm³/mol. The quantitative estimate of drug-likeness (QED) is 0.500. The lowest BCUT2D eigenvalue weighted by Gasteiger charge is -2.33. The van der Waals surface area contributed by atoms with Crippen molar-refractivity contribution in [3.63, 3.8) is 0 Å². The number of benzene rings is 1. The molecule has 0 bridgehead atoms. The van der Waals surface area contributed by atoms with Gasteiger partial charge in [0, 0.05) is 22.8 Å². The van der Waals surface area contributed by atoms with Crippen molar-refractivity contribution in [2.75, 3.05) is 6.61 Å². The Morgan fingerprint density at radius 3 is 2.90 bits per heavy atom. The minimum Gasteiger partial charge on any atom is -0.489 e. The van der Waals surface area contributed by atoms with Crippen molar-refractivity contribution in [2.45, 2.75) is 61.2 Å². The Bertz CT molecular complexity index is 712. The maximum Gasteiger partial charge on any atom is 0.303 e. The van der Waals surface area contributed by atoms with Gasteiger partial charge in [0.2, 0.25) is 0 Å². The van der Waals surface area contributed by atoms with Crippen LogP contribution >= 0.6 is 23.4 Å². The Morgan fingerprint density at radius 2 is 2.14 bits per heavy atom. The van der Waals surface area contributed by atoms with Crippen molar-refractivity contribution in [1.82, 2.24) is 0 Å². The molecule has 0 amide bonds. The van der Waals surface area contributed by atoms with E-state index < -0.39 is 18.2 Å². The first kappa shape index (κ1) is 22.5. The molecule has 1 aliphatic heterocycles. The number of rotatable bonds is 9. The van der Waals surface area contributed by atoms with Gasteiger partial charge in [0.25, 0.3) is 0 Å². The number of hydrogen-bond acceptors (Lipinski definition) is 5. The summed E-state index contributed by atoms with van der Waals surface area (Å²) in [6.07, 6.45) is 7.22. The number of carboxylic acids is 1. The van der Waals surface area contributed by atoms with Crippen molar-refractivity contribution in [2.24, 2.45) is 11.8 Å². The number of thioether (sulfide) groups is 1. The first-order valence-corrected chi connectivity index (χ1v) is 11.5. The van der Waals surface area contributed by atoms with E-state index in [1.807, 2.05) is 30.0 Å². The number of ether oxygens (including phenoxy) is 1. The van der Waals surface area contributed by atoms with Crippen molar-refractivity contribution < 1.29 is 24.9 Å². The van der Waals surface area contributed by atoms with Crippen LogP contribution in [0, 0.1) is 11.8 Å². The highest BCUT2D eigenvalue weighted by Gasteiger charge is 2.44. The monoisotopic (exact) mass is 440 g/mol. The number of fused-ring (bicyclic) bond motifs is 1. The Kier molecular flexibility index (Phi) is 8.30. The van der Waals surface area contributed by atoms with Crippen LogP contribution in [0.25, 0.3) is 0 Å². The molecule has 7 heteroatoms. The Balaban J connectivity index is 1.47. The van der Waals surface area contributed by atoms with E-state index in [9.17, 15) is 15.0 Å². The van der Waals surface area contributed by atoms with Crippen LogP contribution in [-0.2, 0) is 4.79 Å². The number of carbonyl (C=O) groups is 1. The van der Waals surface area contributed by atoms with Gasteiger partial charge in [-0.15, -0.1) is 0 Å². The number of para-hydroxylation sites is 1. The molecule has 1 aromatic rings. The van der Waals surface area contributed by atoms with E-state index in [2.05, 4.69) is 0 Å². The fourth-order valence-electron chi connectivity index (χ4n) is 4.34. The molecule has 5 nitrogen and oxygen atoms in total. The standard InChI is InChI=1S/C22H29ClO5S/c23-18-5-1-2-6-20(18)28-13-14(24)8-10-16-17-11-9-15(4-3-7-22(26)27)29-21(17)12-19(16)25/h1-2,5-6,8,10,14-17,19,21,24-25H,3-4,7,9,11-13H2,(H,26,27)/b10-8+/t14-,15+,16-,17-,19-,21+/m1/s1. The summed E-state index contributed by atoms with van der Waals surface area (Å²) in [7, 11) is 0. The zero-order valence-corrected chi connectivity index (χ0v) is 17.9. The second-order valence-corrected chi connectivity index (χ2v) is 9.85. The summed E-state index contributed by atoms with van der Waals surface area (Å²) >= 11 is 7.97. The van der Waals surface area contributed by atoms with Crippen LogP contribution in [0.1, 0.15) is 38.5 Å². The van der Waals surface area contributed by atoms with Gasteiger partial charge < -0.3 is 20.1 Å². The van der Waals surface area contributed by atoms with Gasteiger partial charge in [-0.2, -0.15) is 11.8 Å². The van der Waals surface area contributed by atoms with Crippen LogP contribution in [-0.4, -0.2) is 50.6 Å². The Hall–Kier alpha value is -1.21. The maximum absolute atomic E-state index is 10.7. The molecular formula is C22H29ClO5S. The molecule has 1 aliphatic carbocycles. The molecule has 1 aromatic carbocycles. The number of carboxylic acid groups (broad SMARTS) is 1. The van der Waals surface area contributed by atoms with Gasteiger partial charge in [-0.05, 0) is 50.2 Å². The van der Waals surface area contributed by atoms with Gasteiger partial charge in [-0.25, -0.2) is 0 Å². The molecule has 2 aliphatic rings. The highest BCUT2D eigenvalue weighted by Crippen LogP contribution is 2.49. The summed E-state index contributed by atoms with van der Waals surface area (Å²) in [6, 6.07) is 7.15. The van der Waals surface area contributed by atoms with Gasteiger partial charge >= 0.3 is 5.97 Å². The zero-order chi connectivity index (χ0) is 20.8. The number of halogens is 1. The summed E-state index contributed by atoms with van der Waals surface area (Å²) in [5, 5.41) is 31.0. The van der Waals surface area contributed by atoms with Gasteiger partial charge in [0.05, 0.1) is 11.1 Å². The molecule has 3 N–H and O–H groups in total. The molecule has 0 radical (unpaired) electrons. The van der Waals surface area contributed by atoms with Crippen LogP contribution in [0.5, 0.6) is 5.75 Å². The topological polar surface area (TPSA) is 87.0 Å². The number of aliphatic hydroxyl groups is 2. The maximum atomic E-state index is 10.7. The lowest BCUT2D eigenvalue weighted by atomic mass is 9.88. The lowest BCUT2D eigenvalue weighted by Crippen LogP contribution is -2.27.